The predicted octanol–water partition coefficient (Wildman–Crippen LogP) is 2.84. The number of rotatable bonds is 6. The zero-order valence-corrected chi connectivity index (χ0v) is 15.5. The summed E-state index contributed by atoms with van der Waals surface area (Å²) in [6.45, 7) is 3.65. The number of ether oxygens (including phenoxy) is 1. The molecule has 8 heteroatoms. The van der Waals surface area contributed by atoms with Gasteiger partial charge in [-0.05, 0) is 49.7 Å². The third-order valence-electron chi connectivity index (χ3n) is 3.82. The lowest BCUT2D eigenvalue weighted by molar-refractivity contribution is 0.411. The van der Waals surface area contributed by atoms with Gasteiger partial charge in [-0.2, -0.15) is 0 Å². The van der Waals surface area contributed by atoms with E-state index < -0.39 is 10.0 Å². The highest BCUT2D eigenvalue weighted by Gasteiger charge is 2.17. The van der Waals surface area contributed by atoms with Crippen molar-refractivity contribution in [3.63, 3.8) is 0 Å². The van der Waals surface area contributed by atoms with Gasteiger partial charge in [0.05, 0.1) is 18.6 Å². The molecule has 0 saturated carbocycles. The van der Waals surface area contributed by atoms with Crippen molar-refractivity contribution in [2.45, 2.75) is 25.3 Å². The molecule has 0 amide bonds. The zero-order chi connectivity index (χ0) is 18.7. The van der Waals surface area contributed by atoms with Crippen LogP contribution in [-0.4, -0.2) is 25.7 Å². The summed E-state index contributed by atoms with van der Waals surface area (Å²) in [5.41, 5.74) is 2.59. The first-order valence-electron chi connectivity index (χ1n) is 7.93. The van der Waals surface area contributed by atoms with Crippen LogP contribution in [0.15, 0.2) is 51.8 Å². The van der Waals surface area contributed by atoms with Crippen LogP contribution < -0.4 is 9.46 Å². The number of nitrogens with one attached hydrogen (secondary N) is 1. The summed E-state index contributed by atoms with van der Waals surface area (Å²) in [5, 5.41) is 7.87. The first-order chi connectivity index (χ1) is 12.4. The van der Waals surface area contributed by atoms with Crippen molar-refractivity contribution >= 4 is 10.0 Å². The molecule has 26 heavy (non-hydrogen) atoms. The van der Waals surface area contributed by atoms with Crippen LogP contribution in [0, 0.1) is 13.8 Å². The second-order valence-corrected chi connectivity index (χ2v) is 7.59. The van der Waals surface area contributed by atoms with E-state index in [2.05, 4.69) is 14.9 Å². The first-order valence-corrected chi connectivity index (χ1v) is 9.41. The molecule has 7 nitrogen and oxygen atoms in total. The average molecular weight is 373 g/mol. The van der Waals surface area contributed by atoms with Gasteiger partial charge in [-0.25, -0.2) is 13.1 Å². The van der Waals surface area contributed by atoms with E-state index in [1.54, 1.807) is 19.1 Å². The van der Waals surface area contributed by atoms with E-state index >= 15 is 0 Å². The number of benzene rings is 2. The van der Waals surface area contributed by atoms with Gasteiger partial charge >= 0.3 is 0 Å². The third-order valence-corrected chi connectivity index (χ3v) is 5.22. The smallest absolute Gasteiger partial charge is 0.247 e. The van der Waals surface area contributed by atoms with Crippen LogP contribution in [0.1, 0.15) is 17.0 Å². The zero-order valence-electron chi connectivity index (χ0n) is 14.7. The van der Waals surface area contributed by atoms with Gasteiger partial charge in [0, 0.05) is 5.56 Å². The molecule has 0 fully saturated rings. The molecule has 0 saturated heterocycles. The van der Waals surface area contributed by atoms with E-state index in [0.29, 0.717) is 11.6 Å². The normalized spacial score (nSPS) is 11.5. The monoisotopic (exact) mass is 373 g/mol. The Balaban J connectivity index is 1.73. The van der Waals surface area contributed by atoms with Gasteiger partial charge in [0.25, 0.3) is 0 Å². The van der Waals surface area contributed by atoms with E-state index in [1.807, 2.05) is 31.2 Å². The molecule has 2 aromatic carbocycles. The lowest BCUT2D eigenvalue weighted by atomic mass is 10.1. The molecule has 1 aromatic heterocycles. The molecule has 0 aliphatic heterocycles. The topological polar surface area (TPSA) is 94.3 Å². The van der Waals surface area contributed by atoms with E-state index in [-0.39, 0.29) is 17.3 Å². The quantitative estimate of drug-likeness (QED) is 0.714. The Hall–Kier alpha value is -2.71. The Morgan fingerprint density at radius 1 is 1.12 bits per heavy atom. The maximum atomic E-state index is 12.4. The fraction of sp³-hybridized carbons (Fsp3) is 0.222. The summed E-state index contributed by atoms with van der Waals surface area (Å²) in [5.74, 6) is 1.17. The van der Waals surface area contributed by atoms with Crippen LogP contribution in [0.5, 0.6) is 5.75 Å². The number of nitrogens with zero attached hydrogens (tertiary/aromatic N) is 2. The lowest BCUT2D eigenvalue weighted by Crippen LogP contribution is -2.23. The molecule has 0 atom stereocenters. The Morgan fingerprint density at radius 3 is 2.62 bits per heavy atom. The van der Waals surface area contributed by atoms with Crippen molar-refractivity contribution in [1.82, 2.24) is 14.9 Å². The number of hydrogen-bond donors (Lipinski definition) is 1. The lowest BCUT2D eigenvalue weighted by Gasteiger charge is -2.08. The molecule has 1 N–H and O–H groups in total. The third kappa shape index (κ3) is 3.92. The van der Waals surface area contributed by atoms with Gasteiger partial charge in [-0.3, -0.25) is 0 Å². The summed E-state index contributed by atoms with van der Waals surface area (Å²) in [4.78, 5) is 0.147. The van der Waals surface area contributed by atoms with Gasteiger partial charge in [0.2, 0.25) is 21.8 Å². The summed E-state index contributed by atoms with van der Waals surface area (Å²) in [7, 11) is -2.16. The fourth-order valence-electron chi connectivity index (χ4n) is 2.48. The molecule has 0 bridgehead atoms. The van der Waals surface area contributed by atoms with Crippen LogP contribution in [0.3, 0.4) is 0 Å². The number of aryl methyl sites for hydroxylation is 2. The molecule has 0 spiro atoms. The Labute approximate surface area is 152 Å². The molecule has 1 heterocycles. The molecule has 3 rings (SSSR count). The Morgan fingerprint density at radius 2 is 1.92 bits per heavy atom. The number of aromatic nitrogens is 2. The minimum absolute atomic E-state index is 0.0910. The van der Waals surface area contributed by atoms with Crippen LogP contribution in [0.2, 0.25) is 0 Å². The van der Waals surface area contributed by atoms with E-state index in [4.69, 9.17) is 9.15 Å². The highest BCUT2D eigenvalue weighted by atomic mass is 32.2. The van der Waals surface area contributed by atoms with E-state index in [1.165, 1.54) is 13.2 Å². The maximum Gasteiger partial charge on any atom is 0.247 e. The van der Waals surface area contributed by atoms with E-state index in [9.17, 15) is 8.42 Å². The average Bonchev–Trinajstić information content (AvgIpc) is 3.09. The molecular formula is C18H19N3O4S. The van der Waals surface area contributed by atoms with Crippen molar-refractivity contribution in [2.24, 2.45) is 0 Å². The molecule has 0 aliphatic carbocycles. The minimum atomic E-state index is -3.70. The van der Waals surface area contributed by atoms with Crippen molar-refractivity contribution in [3.8, 4) is 17.2 Å². The standard InChI is InChI=1S/C18H19N3O4S/c1-12-5-4-6-14(9-12)18-21-20-17(25-18)11-19-26(22,23)15-7-8-16(24-3)13(2)10-15/h4-10,19H,11H2,1-3H3. The molecule has 136 valence electrons. The molecule has 0 aliphatic rings. The maximum absolute atomic E-state index is 12.4. The van der Waals surface area contributed by atoms with Crippen LogP contribution >= 0.6 is 0 Å². The van der Waals surface area contributed by atoms with Crippen molar-refractivity contribution in [1.29, 1.82) is 0 Å². The van der Waals surface area contributed by atoms with Gasteiger partial charge in [-0.15, -0.1) is 10.2 Å². The molecular weight excluding hydrogens is 354 g/mol. The van der Waals surface area contributed by atoms with Gasteiger partial charge in [0.15, 0.2) is 0 Å². The molecule has 0 radical (unpaired) electrons. The number of methoxy groups -OCH3 is 1. The largest absolute Gasteiger partial charge is 0.496 e. The Kier molecular flexibility index (Phi) is 5.06. The van der Waals surface area contributed by atoms with Gasteiger partial charge < -0.3 is 9.15 Å². The van der Waals surface area contributed by atoms with Gasteiger partial charge in [0.1, 0.15) is 5.75 Å². The minimum Gasteiger partial charge on any atom is -0.496 e. The highest BCUT2D eigenvalue weighted by Crippen LogP contribution is 2.22. The second kappa shape index (κ2) is 7.27. The first kappa shape index (κ1) is 18.1. The fourth-order valence-corrected chi connectivity index (χ4v) is 3.54. The summed E-state index contributed by atoms with van der Waals surface area (Å²) < 4.78 is 38.0. The summed E-state index contributed by atoms with van der Waals surface area (Å²) in [6, 6.07) is 12.3. The second-order valence-electron chi connectivity index (χ2n) is 5.83. The summed E-state index contributed by atoms with van der Waals surface area (Å²) in [6.07, 6.45) is 0. The SMILES string of the molecule is COc1ccc(S(=O)(=O)NCc2nnc(-c3cccc(C)c3)o2)cc1C. The van der Waals surface area contributed by atoms with Crippen LogP contribution in [0.25, 0.3) is 11.5 Å². The predicted molar refractivity (Wildman–Crippen MR) is 96.2 cm³/mol. The Bertz CT molecular complexity index is 1030. The molecule has 0 unspecified atom stereocenters. The number of hydrogen-bond acceptors (Lipinski definition) is 6. The van der Waals surface area contributed by atoms with Crippen LogP contribution in [0.4, 0.5) is 0 Å². The van der Waals surface area contributed by atoms with Crippen molar-refractivity contribution < 1.29 is 17.6 Å². The van der Waals surface area contributed by atoms with E-state index in [0.717, 1.165) is 16.7 Å². The highest BCUT2D eigenvalue weighted by molar-refractivity contribution is 7.89. The van der Waals surface area contributed by atoms with Gasteiger partial charge in [-0.1, -0.05) is 17.7 Å². The van der Waals surface area contributed by atoms with Crippen molar-refractivity contribution in [3.05, 3.63) is 59.5 Å². The molecule has 3 aromatic rings. The van der Waals surface area contributed by atoms with Crippen LogP contribution in [-0.2, 0) is 16.6 Å². The summed E-state index contributed by atoms with van der Waals surface area (Å²) >= 11 is 0. The van der Waals surface area contributed by atoms with Crippen molar-refractivity contribution in [2.75, 3.05) is 7.11 Å². The number of sulfonamides is 1.